The molecular formula is C18H26BN3O4. The Bertz CT molecular complexity index is 689. The molecule has 2 aliphatic heterocycles. The largest absolute Gasteiger partial charge is 0.496 e. The van der Waals surface area contributed by atoms with E-state index in [-0.39, 0.29) is 11.8 Å². The minimum absolute atomic E-state index is 0.0771. The summed E-state index contributed by atoms with van der Waals surface area (Å²) in [7, 11) is -0.486. The minimum atomic E-state index is -0.486. The zero-order valence-electron chi connectivity index (χ0n) is 16.0. The van der Waals surface area contributed by atoms with Crippen LogP contribution in [0.1, 0.15) is 47.5 Å². The SMILES string of the molecule is CC(=O)N1CCCC1C(=O)Nc1ccc(B2OC(C)(C)C(C)(C)O2)cn1. The number of rotatable bonds is 3. The highest BCUT2D eigenvalue weighted by molar-refractivity contribution is 6.62. The van der Waals surface area contributed by atoms with Crippen LogP contribution in [0.2, 0.25) is 0 Å². The zero-order chi connectivity index (χ0) is 19.1. The third kappa shape index (κ3) is 3.48. The van der Waals surface area contributed by atoms with E-state index < -0.39 is 24.4 Å². The Kier molecular flexibility index (Phi) is 4.83. The second-order valence-corrected chi connectivity index (χ2v) is 7.92. The van der Waals surface area contributed by atoms with Crippen LogP contribution in [0.15, 0.2) is 18.3 Å². The Hall–Kier alpha value is -1.93. The summed E-state index contributed by atoms with van der Waals surface area (Å²) >= 11 is 0. The van der Waals surface area contributed by atoms with Crippen LogP contribution < -0.4 is 10.8 Å². The lowest BCUT2D eigenvalue weighted by atomic mass is 9.80. The number of nitrogens with zero attached hydrogens (tertiary/aromatic N) is 2. The maximum Gasteiger partial charge on any atom is 0.496 e. The molecule has 3 heterocycles. The molecule has 1 N–H and O–H groups in total. The van der Waals surface area contributed by atoms with Crippen LogP contribution in [0, 0.1) is 0 Å². The van der Waals surface area contributed by atoms with E-state index >= 15 is 0 Å². The lowest BCUT2D eigenvalue weighted by Gasteiger charge is -2.32. The van der Waals surface area contributed by atoms with Crippen molar-refractivity contribution in [3.05, 3.63) is 18.3 Å². The van der Waals surface area contributed by atoms with E-state index in [2.05, 4.69) is 10.3 Å². The Morgan fingerprint density at radius 1 is 1.23 bits per heavy atom. The smallest absolute Gasteiger partial charge is 0.399 e. The number of hydrogen-bond donors (Lipinski definition) is 1. The van der Waals surface area contributed by atoms with Gasteiger partial charge in [0.25, 0.3) is 0 Å². The first-order chi connectivity index (χ1) is 12.1. The molecule has 7 nitrogen and oxygen atoms in total. The number of amides is 2. The Balaban J connectivity index is 1.65. The van der Waals surface area contributed by atoms with Gasteiger partial charge in [-0.2, -0.15) is 0 Å². The molecule has 2 fully saturated rings. The van der Waals surface area contributed by atoms with Crippen molar-refractivity contribution >= 4 is 30.2 Å². The average molecular weight is 359 g/mol. The van der Waals surface area contributed by atoms with Crippen LogP contribution in [0.3, 0.4) is 0 Å². The standard InChI is InChI=1S/C18H26BN3O4/c1-12(23)22-10-6-7-14(22)16(24)21-15-9-8-13(11-20-15)19-25-17(2,3)18(4,5)26-19/h8-9,11,14H,6-7,10H2,1-5H3,(H,20,21,24). The van der Waals surface area contributed by atoms with Crippen molar-refractivity contribution in [3.63, 3.8) is 0 Å². The van der Waals surface area contributed by atoms with Gasteiger partial charge < -0.3 is 19.5 Å². The normalized spacial score (nSPS) is 24.0. The van der Waals surface area contributed by atoms with Crippen LogP contribution >= 0.6 is 0 Å². The number of aromatic nitrogens is 1. The number of likely N-dealkylation sites (tertiary alicyclic amines) is 1. The number of carbonyl (C=O) groups is 2. The van der Waals surface area contributed by atoms with Gasteiger partial charge in [0, 0.05) is 25.1 Å². The first-order valence-corrected chi connectivity index (χ1v) is 9.00. The number of carbonyl (C=O) groups excluding carboxylic acids is 2. The number of pyridine rings is 1. The second kappa shape index (κ2) is 6.66. The molecule has 0 saturated carbocycles. The predicted octanol–water partition coefficient (Wildman–Crippen LogP) is 1.33. The lowest BCUT2D eigenvalue weighted by molar-refractivity contribution is -0.134. The highest BCUT2D eigenvalue weighted by Gasteiger charge is 2.51. The Labute approximate surface area is 154 Å². The van der Waals surface area contributed by atoms with Gasteiger partial charge in [0.2, 0.25) is 11.8 Å². The molecule has 8 heteroatoms. The Morgan fingerprint density at radius 3 is 2.42 bits per heavy atom. The third-order valence-electron chi connectivity index (χ3n) is 5.52. The van der Waals surface area contributed by atoms with E-state index in [1.165, 1.54) is 6.92 Å². The first-order valence-electron chi connectivity index (χ1n) is 9.00. The van der Waals surface area contributed by atoms with E-state index in [1.54, 1.807) is 17.2 Å². The van der Waals surface area contributed by atoms with E-state index in [4.69, 9.17) is 9.31 Å². The van der Waals surface area contributed by atoms with Crippen LogP contribution in [-0.4, -0.2) is 52.6 Å². The highest BCUT2D eigenvalue weighted by atomic mass is 16.7. The number of anilines is 1. The van der Waals surface area contributed by atoms with Crippen molar-refractivity contribution in [2.75, 3.05) is 11.9 Å². The summed E-state index contributed by atoms with van der Waals surface area (Å²) in [5.41, 5.74) is -0.0281. The molecule has 0 bridgehead atoms. The molecule has 1 aromatic rings. The van der Waals surface area contributed by atoms with E-state index in [1.807, 2.05) is 33.8 Å². The van der Waals surface area contributed by atoms with E-state index in [0.29, 0.717) is 18.8 Å². The third-order valence-corrected chi connectivity index (χ3v) is 5.52. The van der Waals surface area contributed by atoms with E-state index in [0.717, 1.165) is 11.9 Å². The fraction of sp³-hybridized carbons (Fsp3) is 0.611. The summed E-state index contributed by atoms with van der Waals surface area (Å²) in [6.07, 6.45) is 3.17. The lowest BCUT2D eigenvalue weighted by Crippen LogP contribution is -2.42. The van der Waals surface area contributed by atoms with Gasteiger partial charge in [0.15, 0.2) is 0 Å². The van der Waals surface area contributed by atoms with Gasteiger partial charge in [0.1, 0.15) is 11.9 Å². The molecule has 0 radical (unpaired) electrons. The number of hydrogen-bond acceptors (Lipinski definition) is 5. The molecule has 26 heavy (non-hydrogen) atoms. The molecule has 2 amide bonds. The summed E-state index contributed by atoms with van der Waals surface area (Å²) < 4.78 is 12.0. The van der Waals surface area contributed by atoms with Gasteiger partial charge in [-0.15, -0.1) is 0 Å². The van der Waals surface area contributed by atoms with Gasteiger partial charge in [-0.25, -0.2) is 4.98 Å². The van der Waals surface area contributed by atoms with Crippen molar-refractivity contribution in [1.82, 2.24) is 9.88 Å². The molecule has 140 valence electrons. The maximum absolute atomic E-state index is 12.4. The summed E-state index contributed by atoms with van der Waals surface area (Å²) in [6.45, 7) is 10.1. The molecule has 1 atom stereocenters. The zero-order valence-corrected chi connectivity index (χ0v) is 16.0. The molecule has 0 aliphatic carbocycles. The van der Waals surface area contributed by atoms with Gasteiger partial charge in [0.05, 0.1) is 11.2 Å². The van der Waals surface area contributed by atoms with Crippen molar-refractivity contribution in [1.29, 1.82) is 0 Å². The summed E-state index contributed by atoms with van der Waals surface area (Å²) in [4.78, 5) is 30.0. The summed E-state index contributed by atoms with van der Waals surface area (Å²) in [5.74, 6) is 0.172. The molecule has 3 rings (SSSR count). The molecule has 2 saturated heterocycles. The fourth-order valence-electron chi connectivity index (χ4n) is 3.22. The van der Waals surface area contributed by atoms with Gasteiger partial charge >= 0.3 is 7.12 Å². The van der Waals surface area contributed by atoms with Gasteiger partial charge in [-0.3, -0.25) is 9.59 Å². The van der Waals surface area contributed by atoms with E-state index in [9.17, 15) is 9.59 Å². The van der Waals surface area contributed by atoms with Crippen LogP contribution in [0.4, 0.5) is 5.82 Å². The minimum Gasteiger partial charge on any atom is -0.399 e. The van der Waals surface area contributed by atoms with Gasteiger partial charge in [-0.05, 0) is 46.6 Å². The Morgan fingerprint density at radius 2 is 1.88 bits per heavy atom. The van der Waals surface area contributed by atoms with Crippen molar-refractivity contribution < 1.29 is 18.9 Å². The second-order valence-electron chi connectivity index (χ2n) is 7.92. The fourth-order valence-corrected chi connectivity index (χ4v) is 3.22. The number of nitrogens with one attached hydrogen (secondary N) is 1. The monoisotopic (exact) mass is 359 g/mol. The topological polar surface area (TPSA) is 80.8 Å². The quantitative estimate of drug-likeness (QED) is 0.824. The predicted molar refractivity (Wildman–Crippen MR) is 99.0 cm³/mol. The van der Waals surface area contributed by atoms with Crippen LogP contribution in [0.25, 0.3) is 0 Å². The molecule has 1 unspecified atom stereocenters. The van der Waals surface area contributed by atoms with Crippen LogP contribution in [-0.2, 0) is 18.9 Å². The van der Waals surface area contributed by atoms with Crippen LogP contribution in [0.5, 0.6) is 0 Å². The molecule has 0 spiro atoms. The first kappa shape index (κ1) is 18.9. The molecule has 0 aromatic carbocycles. The van der Waals surface area contributed by atoms with Crippen molar-refractivity contribution in [3.8, 4) is 0 Å². The maximum atomic E-state index is 12.4. The molecular weight excluding hydrogens is 333 g/mol. The highest BCUT2D eigenvalue weighted by Crippen LogP contribution is 2.36. The van der Waals surface area contributed by atoms with Gasteiger partial charge in [-0.1, -0.05) is 6.07 Å². The van der Waals surface area contributed by atoms with Crippen molar-refractivity contribution in [2.45, 2.75) is 64.7 Å². The molecule has 2 aliphatic rings. The van der Waals surface area contributed by atoms with Crippen molar-refractivity contribution in [2.24, 2.45) is 0 Å². The summed E-state index contributed by atoms with van der Waals surface area (Å²) in [6, 6.07) is 3.14. The average Bonchev–Trinajstić information content (AvgIpc) is 3.11. The molecule has 1 aromatic heterocycles. The summed E-state index contributed by atoms with van der Waals surface area (Å²) in [5, 5.41) is 2.79.